The number of carbonyl (C=O) groups excluding carboxylic acids is 1. The number of ether oxygens (including phenoxy) is 1. The molecule has 1 heterocycles. The summed E-state index contributed by atoms with van der Waals surface area (Å²) in [6.45, 7) is 0.526. The van der Waals surface area contributed by atoms with Crippen LogP contribution in [-0.2, 0) is 6.42 Å². The van der Waals surface area contributed by atoms with E-state index in [4.69, 9.17) is 10.00 Å². The van der Waals surface area contributed by atoms with Crippen LogP contribution in [0.5, 0.6) is 5.75 Å². The summed E-state index contributed by atoms with van der Waals surface area (Å²) in [5.74, 6) is 0.602. The van der Waals surface area contributed by atoms with Gasteiger partial charge in [0.1, 0.15) is 11.4 Å². The Balaban J connectivity index is 1.50. The standard InChI is InChI=1S/C22H20N4O2/c1-28-20-9-4-16(5-10-20)12-13-24-22(27)21-11-8-19(15-25-21)26-18-6-2-17(14-23)3-7-18/h2-11,15,26H,12-13H2,1H3,(H,24,27). The molecule has 0 bridgehead atoms. The van der Waals surface area contributed by atoms with E-state index in [1.165, 1.54) is 0 Å². The van der Waals surface area contributed by atoms with Gasteiger partial charge in [0.2, 0.25) is 0 Å². The van der Waals surface area contributed by atoms with Gasteiger partial charge < -0.3 is 15.4 Å². The molecule has 0 saturated carbocycles. The number of aromatic nitrogens is 1. The number of rotatable bonds is 7. The number of nitriles is 1. The SMILES string of the molecule is COc1ccc(CCNC(=O)c2ccc(Nc3ccc(C#N)cc3)cn2)cc1. The second kappa shape index (κ2) is 9.19. The van der Waals surface area contributed by atoms with Crippen molar-refractivity contribution in [3.05, 3.63) is 83.7 Å². The van der Waals surface area contributed by atoms with E-state index in [9.17, 15) is 4.79 Å². The van der Waals surface area contributed by atoms with Gasteiger partial charge in [0.25, 0.3) is 5.91 Å². The van der Waals surface area contributed by atoms with Gasteiger partial charge in [0.15, 0.2) is 0 Å². The molecular weight excluding hydrogens is 352 g/mol. The van der Waals surface area contributed by atoms with Crippen LogP contribution in [0.15, 0.2) is 66.9 Å². The first-order valence-corrected chi connectivity index (χ1v) is 8.82. The number of amides is 1. The molecule has 3 rings (SSSR count). The van der Waals surface area contributed by atoms with Crippen LogP contribution in [0.4, 0.5) is 11.4 Å². The summed E-state index contributed by atoms with van der Waals surface area (Å²) < 4.78 is 5.13. The zero-order valence-electron chi connectivity index (χ0n) is 15.5. The number of benzene rings is 2. The summed E-state index contributed by atoms with van der Waals surface area (Å²) in [5, 5.41) is 14.9. The second-order valence-corrected chi connectivity index (χ2v) is 6.10. The Labute approximate surface area is 163 Å². The lowest BCUT2D eigenvalue weighted by molar-refractivity contribution is 0.0949. The van der Waals surface area contributed by atoms with Crippen molar-refractivity contribution < 1.29 is 9.53 Å². The maximum Gasteiger partial charge on any atom is 0.269 e. The van der Waals surface area contributed by atoms with E-state index in [2.05, 4.69) is 21.7 Å². The number of hydrogen-bond donors (Lipinski definition) is 2. The second-order valence-electron chi connectivity index (χ2n) is 6.10. The van der Waals surface area contributed by atoms with Gasteiger partial charge in [-0.15, -0.1) is 0 Å². The largest absolute Gasteiger partial charge is 0.497 e. The molecule has 0 fully saturated rings. The van der Waals surface area contributed by atoms with Crippen molar-refractivity contribution in [1.29, 1.82) is 5.26 Å². The van der Waals surface area contributed by atoms with Gasteiger partial charge in [0, 0.05) is 12.2 Å². The number of nitrogens with one attached hydrogen (secondary N) is 2. The van der Waals surface area contributed by atoms with Crippen molar-refractivity contribution in [2.75, 3.05) is 19.0 Å². The number of anilines is 2. The van der Waals surface area contributed by atoms with Gasteiger partial charge in [-0.1, -0.05) is 12.1 Å². The normalized spacial score (nSPS) is 10.0. The molecule has 28 heavy (non-hydrogen) atoms. The van der Waals surface area contributed by atoms with Crippen molar-refractivity contribution >= 4 is 17.3 Å². The maximum atomic E-state index is 12.2. The molecule has 140 valence electrons. The summed E-state index contributed by atoms with van der Waals surface area (Å²) in [7, 11) is 1.63. The molecule has 6 nitrogen and oxygen atoms in total. The lowest BCUT2D eigenvalue weighted by Gasteiger charge is -2.08. The van der Waals surface area contributed by atoms with E-state index in [0.29, 0.717) is 17.8 Å². The third kappa shape index (κ3) is 5.08. The molecular formula is C22H20N4O2. The number of methoxy groups -OCH3 is 1. The van der Waals surface area contributed by atoms with Gasteiger partial charge in [-0.2, -0.15) is 5.26 Å². The highest BCUT2D eigenvalue weighted by Gasteiger charge is 2.07. The molecule has 0 aliphatic rings. The van der Waals surface area contributed by atoms with Crippen molar-refractivity contribution in [1.82, 2.24) is 10.3 Å². The first-order valence-electron chi connectivity index (χ1n) is 8.82. The van der Waals surface area contributed by atoms with Gasteiger partial charge in [-0.25, -0.2) is 4.98 Å². The molecule has 0 unspecified atom stereocenters. The van der Waals surface area contributed by atoms with E-state index >= 15 is 0 Å². The van der Waals surface area contributed by atoms with Crippen LogP contribution >= 0.6 is 0 Å². The van der Waals surface area contributed by atoms with Crippen molar-refractivity contribution in [3.63, 3.8) is 0 Å². The highest BCUT2D eigenvalue weighted by atomic mass is 16.5. The van der Waals surface area contributed by atoms with Crippen LogP contribution in [0.2, 0.25) is 0 Å². The Kier molecular flexibility index (Phi) is 6.21. The Morgan fingerprint density at radius 3 is 2.36 bits per heavy atom. The van der Waals surface area contributed by atoms with Crippen molar-refractivity contribution in [3.8, 4) is 11.8 Å². The zero-order valence-corrected chi connectivity index (χ0v) is 15.5. The summed E-state index contributed by atoms with van der Waals surface area (Å²) in [6, 6.07) is 20.4. The third-order valence-corrected chi connectivity index (χ3v) is 4.16. The quantitative estimate of drug-likeness (QED) is 0.661. The fourth-order valence-electron chi connectivity index (χ4n) is 2.60. The first-order chi connectivity index (χ1) is 13.7. The fraction of sp³-hybridized carbons (Fsp3) is 0.136. The van der Waals surface area contributed by atoms with Crippen molar-refractivity contribution in [2.24, 2.45) is 0 Å². The number of pyridine rings is 1. The molecule has 0 aliphatic carbocycles. The maximum absolute atomic E-state index is 12.2. The first kappa shape index (κ1) is 18.9. The van der Waals surface area contributed by atoms with Gasteiger partial charge >= 0.3 is 0 Å². The fourth-order valence-corrected chi connectivity index (χ4v) is 2.60. The lowest BCUT2D eigenvalue weighted by atomic mass is 10.1. The highest BCUT2D eigenvalue weighted by Crippen LogP contribution is 2.16. The van der Waals surface area contributed by atoms with Crippen LogP contribution in [0, 0.1) is 11.3 Å². The average molecular weight is 372 g/mol. The molecule has 0 aliphatic heterocycles. The molecule has 0 saturated heterocycles. The number of nitrogens with zero attached hydrogens (tertiary/aromatic N) is 2. The average Bonchev–Trinajstić information content (AvgIpc) is 2.75. The summed E-state index contributed by atoms with van der Waals surface area (Å²) in [4.78, 5) is 16.4. The van der Waals surface area contributed by atoms with Gasteiger partial charge in [0.05, 0.1) is 30.6 Å². The lowest BCUT2D eigenvalue weighted by Crippen LogP contribution is -2.26. The monoisotopic (exact) mass is 372 g/mol. The van der Waals surface area contributed by atoms with Crippen molar-refractivity contribution in [2.45, 2.75) is 6.42 Å². The number of hydrogen-bond acceptors (Lipinski definition) is 5. The smallest absolute Gasteiger partial charge is 0.269 e. The predicted octanol–water partition coefficient (Wildman–Crippen LogP) is 3.68. The molecule has 3 aromatic rings. The van der Waals surface area contributed by atoms with Crippen LogP contribution in [0.3, 0.4) is 0 Å². The van der Waals surface area contributed by atoms with Crippen LogP contribution < -0.4 is 15.4 Å². The summed E-state index contributed by atoms with van der Waals surface area (Å²) in [6.07, 6.45) is 2.34. The molecule has 1 amide bonds. The van der Waals surface area contributed by atoms with Crippen LogP contribution in [-0.4, -0.2) is 24.5 Å². The third-order valence-electron chi connectivity index (χ3n) is 4.16. The van der Waals surface area contributed by atoms with Crippen LogP contribution in [0.25, 0.3) is 0 Å². The summed E-state index contributed by atoms with van der Waals surface area (Å²) in [5.41, 5.74) is 3.69. The van der Waals surface area contributed by atoms with E-state index in [1.807, 2.05) is 36.4 Å². The van der Waals surface area contributed by atoms with E-state index in [1.54, 1.807) is 37.6 Å². The molecule has 6 heteroatoms. The Bertz CT molecular complexity index is 959. The molecule has 2 aromatic carbocycles. The predicted molar refractivity (Wildman–Crippen MR) is 108 cm³/mol. The van der Waals surface area contributed by atoms with E-state index < -0.39 is 0 Å². The number of carbonyl (C=O) groups is 1. The van der Waals surface area contributed by atoms with Crippen LogP contribution in [0.1, 0.15) is 21.6 Å². The Hall–Kier alpha value is -3.85. The zero-order chi connectivity index (χ0) is 19.8. The molecule has 0 spiro atoms. The minimum atomic E-state index is -0.210. The molecule has 0 radical (unpaired) electrons. The molecule has 0 atom stereocenters. The van der Waals surface area contributed by atoms with E-state index in [-0.39, 0.29) is 5.91 Å². The highest BCUT2D eigenvalue weighted by molar-refractivity contribution is 5.92. The Morgan fingerprint density at radius 2 is 1.75 bits per heavy atom. The van der Waals surface area contributed by atoms with Gasteiger partial charge in [-0.05, 0) is 60.5 Å². The topological polar surface area (TPSA) is 87.0 Å². The van der Waals surface area contributed by atoms with Gasteiger partial charge in [-0.3, -0.25) is 4.79 Å². The summed E-state index contributed by atoms with van der Waals surface area (Å²) >= 11 is 0. The minimum Gasteiger partial charge on any atom is -0.497 e. The van der Waals surface area contributed by atoms with E-state index in [0.717, 1.165) is 29.1 Å². The minimum absolute atomic E-state index is 0.210. The molecule has 1 aromatic heterocycles. The molecule has 2 N–H and O–H groups in total. The Morgan fingerprint density at radius 1 is 1.04 bits per heavy atom.